The number of aryl methyl sites for hydroxylation is 1. The summed E-state index contributed by atoms with van der Waals surface area (Å²) >= 11 is 0. The number of nitro groups is 1. The maximum absolute atomic E-state index is 12.3. The maximum Gasteiger partial charge on any atom is 0.471 e. The molecule has 0 bridgehead atoms. The number of amides is 2. The van der Waals surface area contributed by atoms with Crippen molar-refractivity contribution in [2.45, 2.75) is 25.6 Å². The van der Waals surface area contributed by atoms with E-state index in [0.717, 1.165) is 12.1 Å². The number of halogens is 3. The number of rotatable bonds is 7. The zero-order valence-corrected chi connectivity index (χ0v) is 16.3. The zero-order chi connectivity index (χ0) is 23.4. The summed E-state index contributed by atoms with van der Waals surface area (Å²) in [5, 5.41) is 25.3. The van der Waals surface area contributed by atoms with Gasteiger partial charge in [-0.3, -0.25) is 19.7 Å². The fraction of sp³-hybridized carbons (Fsp3) is 0.263. The van der Waals surface area contributed by atoms with Crippen molar-refractivity contribution in [1.82, 2.24) is 0 Å². The fourth-order valence-corrected chi connectivity index (χ4v) is 2.33. The number of nitro benzene ring substituents is 1. The molecule has 2 aromatic rings. The summed E-state index contributed by atoms with van der Waals surface area (Å²) in [6, 6.07) is 8.73. The van der Waals surface area contributed by atoms with Crippen LogP contribution in [0.5, 0.6) is 5.75 Å². The highest BCUT2D eigenvalue weighted by Crippen LogP contribution is 2.23. The number of hydrogen-bond acceptors (Lipinski definition) is 6. The summed E-state index contributed by atoms with van der Waals surface area (Å²) in [7, 11) is 0. The van der Waals surface area contributed by atoms with Crippen LogP contribution in [0.2, 0.25) is 0 Å². The normalized spacial score (nSPS) is 13.1. The van der Waals surface area contributed by atoms with Gasteiger partial charge in [0.25, 0.3) is 11.6 Å². The molecular formula is C19H18F3N3O6. The smallest absolute Gasteiger partial charge is 0.471 e. The van der Waals surface area contributed by atoms with E-state index in [2.05, 4.69) is 5.32 Å². The Morgan fingerprint density at radius 1 is 1.06 bits per heavy atom. The van der Waals surface area contributed by atoms with Crippen LogP contribution in [0.4, 0.5) is 30.2 Å². The maximum atomic E-state index is 12.3. The standard InChI is InChI=1S/C19H18F3N3O6/c1-11-9-13(5-8-15(11)25(29)30)24-16(26)18(2,28)10-31-14-6-3-12(4-7-14)23-17(27)19(20,21)22/h3-9,28H,10H2,1-2H3,(H,23,27)(H,24,26). The van der Waals surface area contributed by atoms with Crippen LogP contribution in [-0.4, -0.2) is 40.2 Å². The van der Waals surface area contributed by atoms with Crippen LogP contribution >= 0.6 is 0 Å². The molecule has 0 spiro atoms. The molecular weight excluding hydrogens is 423 g/mol. The molecule has 0 aliphatic carbocycles. The van der Waals surface area contributed by atoms with E-state index in [1.807, 2.05) is 0 Å². The lowest BCUT2D eigenvalue weighted by Gasteiger charge is -2.22. The van der Waals surface area contributed by atoms with E-state index in [4.69, 9.17) is 4.74 Å². The van der Waals surface area contributed by atoms with Crippen molar-refractivity contribution in [2.24, 2.45) is 0 Å². The van der Waals surface area contributed by atoms with Gasteiger partial charge in [0, 0.05) is 23.0 Å². The molecule has 31 heavy (non-hydrogen) atoms. The average molecular weight is 441 g/mol. The molecule has 0 saturated heterocycles. The number of hydrogen-bond donors (Lipinski definition) is 3. The lowest BCUT2D eigenvalue weighted by Crippen LogP contribution is -2.45. The molecule has 2 rings (SSSR count). The first-order valence-electron chi connectivity index (χ1n) is 8.69. The average Bonchev–Trinajstić information content (AvgIpc) is 2.66. The van der Waals surface area contributed by atoms with Crippen molar-refractivity contribution < 1.29 is 37.5 Å². The van der Waals surface area contributed by atoms with Crippen molar-refractivity contribution >= 4 is 28.9 Å². The van der Waals surface area contributed by atoms with E-state index < -0.39 is 35.1 Å². The quantitative estimate of drug-likeness (QED) is 0.447. The number of ether oxygens (including phenoxy) is 1. The van der Waals surface area contributed by atoms with Gasteiger partial charge in [-0.2, -0.15) is 13.2 Å². The van der Waals surface area contributed by atoms with Gasteiger partial charge in [0.15, 0.2) is 5.60 Å². The van der Waals surface area contributed by atoms with Gasteiger partial charge >= 0.3 is 12.1 Å². The van der Waals surface area contributed by atoms with Gasteiger partial charge < -0.3 is 20.5 Å². The van der Waals surface area contributed by atoms with Crippen LogP contribution in [0.3, 0.4) is 0 Å². The van der Waals surface area contributed by atoms with Crippen LogP contribution in [0.25, 0.3) is 0 Å². The van der Waals surface area contributed by atoms with Gasteiger partial charge in [-0.15, -0.1) is 0 Å². The molecule has 0 radical (unpaired) electrons. The second kappa shape index (κ2) is 9.00. The van der Waals surface area contributed by atoms with E-state index in [9.17, 15) is 38.0 Å². The summed E-state index contributed by atoms with van der Waals surface area (Å²) in [6.45, 7) is 2.17. The second-order valence-electron chi connectivity index (χ2n) is 6.75. The van der Waals surface area contributed by atoms with Crippen LogP contribution in [-0.2, 0) is 9.59 Å². The van der Waals surface area contributed by atoms with Gasteiger partial charge in [0.2, 0.25) is 0 Å². The molecule has 9 nitrogen and oxygen atoms in total. The van der Waals surface area contributed by atoms with Crippen molar-refractivity contribution in [3.63, 3.8) is 0 Å². The lowest BCUT2D eigenvalue weighted by molar-refractivity contribution is -0.385. The highest BCUT2D eigenvalue weighted by atomic mass is 19.4. The van der Waals surface area contributed by atoms with Gasteiger partial charge in [0.05, 0.1) is 4.92 Å². The van der Waals surface area contributed by atoms with E-state index in [1.165, 1.54) is 44.2 Å². The monoisotopic (exact) mass is 441 g/mol. The SMILES string of the molecule is Cc1cc(NC(=O)C(C)(O)COc2ccc(NC(=O)C(F)(F)F)cc2)ccc1[N+](=O)[O-]. The predicted molar refractivity (Wildman–Crippen MR) is 104 cm³/mol. The topological polar surface area (TPSA) is 131 Å². The molecule has 1 unspecified atom stereocenters. The number of anilines is 2. The molecule has 0 aliphatic rings. The fourth-order valence-electron chi connectivity index (χ4n) is 2.33. The van der Waals surface area contributed by atoms with Gasteiger partial charge in [-0.25, -0.2) is 0 Å². The Hall–Kier alpha value is -3.67. The van der Waals surface area contributed by atoms with E-state index in [0.29, 0.717) is 5.56 Å². The molecule has 3 N–H and O–H groups in total. The first-order chi connectivity index (χ1) is 14.3. The Labute approximate surface area is 174 Å². The van der Waals surface area contributed by atoms with Crippen LogP contribution in [0.1, 0.15) is 12.5 Å². The molecule has 0 fully saturated rings. The number of alkyl halides is 3. The number of nitrogens with one attached hydrogen (secondary N) is 2. The first kappa shape index (κ1) is 23.6. The number of carbonyl (C=O) groups is 2. The minimum absolute atomic E-state index is 0.118. The minimum Gasteiger partial charge on any atom is -0.490 e. The third-order valence-electron chi connectivity index (χ3n) is 4.03. The van der Waals surface area contributed by atoms with Crippen LogP contribution in [0, 0.1) is 17.0 Å². The van der Waals surface area contributed by atoms with Crippen molar-refractivity contribution in [1.29, 1.82) is 0 Å². The lowest BCUT2D eigenvalue weighted by atomic mass is 10.1. The van der Waals surface area contributed by atoms with Crippen molar-refractivity contribution in [2.75, 3.05) is 17.2 Å². The highest BCUT2D eigenvalue weighted by molar-refractivity contribution is 5.97. The summed E-state index contributed by atoms with van der Waals surface area (Å²) in [5.74, 6) is -2.83. The summed E-state index contributed by atoms with van der Waals surface area (Å²) in [4.78, 5) is 33.5. The first-order valence-corrected chi connectivity index (χ1v) is 8.69. The Bertz CT molecular complexity index is 990. The summed E-state index contributed by atoms with van der Waals surface area (Å²) in [5.41, 5.74) is -1.69. The zero-order valence-electron chi connectivity index (χ0n) is 16.3. The molecule has 0 saturated carbocycles. The largest absolute Gasteiger partial charge is 0.490 e. The molecule has 166 valence electrons. The Morgan fingerprint density at radius 2 is 1.61 bits per heavy atom. The molecule has 2 amide bonds. The van der Waals surface area contributed by atoms with E-state index in [-0.39, 0.29) is 22.8 Å². The van der Waals surface area contributed by atoms with Gasteiger partial charge in [-0.05, 0) is 50.2 Å². The summed E-state index contributed by atoms with van der Waals surface area (Å²) < 4.78 is 42.0. The molecule has 0 aliphatic heterocycles. The molecule has 12 heteroatoms. The van der Waals surface area contributed by atoms with Crippen LogP contribution in [0.15, 0.2) is 42.5 Å². The highest BCUT2D eigenvalue weighted by Gasteiger charge is 2.38. The minimum atomic E-state index is -5.02. The predicted octanol–water partition coefficient (Wildman–Crippen LogP) is 3.17. The number of nitrogens with zero attached hydrogens (tertiary/aromatic N) is 1. The third-order valence-corrected chi connectivity index (χ3v) is 4.03. The number of aliphatic hydroxyl groups is 1. The molecule has 1 atom stereocenters. The van der Waals surface area contributed by atoms with E-state index in [1.54, 1.807) is 5.32 Å². The Balaban J connectivity index is 1.96. The van der Waals surface area contributed by atoms with Crippen molar-refractivity contribution in [3.8, 4) is 5.75 Å². The second-order valence-corrected chi connectivity index (χ2v) is 6.75. The number of benzene rings is 2. The summed E-state index contributed by atoms with van der Waals surface area (Å²) in [6.07, 6.45) is -5.02. The van der Waals surface area contributed by atoms with E-state index >= 15 is 0 Å². The van der Waals surface area contributed by atoms with Gasteiger partial charge in [0.1, 0.15) is 12.4 Å². The van der Waals surface area contributed by atoms with Crippen molar-refractivity contribution in [3.05, 3.63) is 58.1 Å². The van der Waals surface area contributed by atoms with Crippen LogP contribution < -0.4 is 15.4 Å². The third kappa shape index (κ3) is 6.40. The number of carbonyl (C=O) groups excluding carboxylic acids is 2. The Morgan fingerprint density at radius 3 is 2.13 bits per heavy atom. The molecule has 0 heterocycles. The Kier molecular flexibility index (Phi) is 6.85. The van der Waals surface area contributed by atoms with Gasteiger partial charge in [-0.1, -0.05) is 0 Å². The molecule has 2 aromatic carbocycles. The molecule has 0 aromatic heterocycles.